The molecule has 112 valence electrons. The standard InChI is InChI=1S/C15H20N4OS/c1-9(2)13-5-11(6-14(16)18-13)15(20)19(4)7-12-8-21-10(3)17-12/h5-6,8-9H,7H2,1-4H3,(H2,16,18). The smallest absolute Gasteiger partial charge is 0.254 e. The van der Waals surface area contributed by atoms with Crippen LogP contribution in [0, 0.1) is 6.92 Å². The number of nitrogens with zero attached hydrogens (tertiary/aromatic N) is 3. The van der Waals surface area contributed by atoms with Crippen molar-refractivity contribution in [1.82, 2.24) is 14.9 Å². The number of carbonyl (C=O) groups excluding carboxylic acids is 1. The second-order valence-electron chi connectivity index (χ2n) is 5.38. The van der Waals surface area contributed by atoms with Crippen molar-refractivity contribution in [3.8, 4) is 0 Å². The zero-order valence-electron chi connectivity index (χ0n) is 12.8. The Hall–Kier alpha value is -1.95. The molecule has 0 aliphatic heterocycles. The van der Waals surface area contributed by atoms with Gasteiger partial charge in [0.2, 0.25) is 0 Å². The molecule has 0 saturated heterocycles. The lowest BCUT2D eigenvalue weighted by molar-refractivity contribution is 0.0783. The Morgan fingerprint density at radius 2 is 2.10 bits per heavy atom. The Morgan fingerprint density at radius 1 is 1.38 bits per heavy atom. The van der Waals surface area contributed by atoms with E-state index in [4.69, 9.17) is 5.73 Å². The highest BCUT2D eigenvalue weighted by atomic mass is 32.1. The average Bonchev–Trinajstić information content (AvgIpc) is 2.82. The van der Waals surface area contributed by atoms with Crippen molar-refractivity contribution in [3.63, 3.8) is 0 Å². The van der Waals surface area contributed by atoms with Gasteiger partial charge < -0.3 is 10.6 Å². The van der Waals surface area contributed by atoms with Gasteiger partial charge in [-0.3, -0.25) is 4.79 Å². The van der Waals surface area contributed by atoms with Gasteiger partial charge in [0.05, 0.1) is 17.2 Å². The summed E-state index contributed by atoms with van der Waals surface area (Å²) in [4.78, 5) is 22.8. The Morgan fingerprint density at radius 3 is 2.67 bits per heavy atom. The van der Waals surface area contributed by atoms with Crippen LogP contribution >= 0.6 is 11.3 Å². The van der Waals surface area contributed by atoms with Gasteiger partial charge in [0.15, 0.2) is 0 Å². The first kappa shape index (κ1) is 15.4. The molecule has 0 spiro atoms. The van der Waals surface area contributed by atoms with Crippen molar-refractivity contribution < 1.29 is 4.79 Å². The number of thiazole rings is 1. The highest BCUT2D eigenvalue weighted by molar-refractivity contribution is 7.09. The molecule has 2 aromatic heterocycles. The van der Waals surface area contributed by atoms with Crippen LogP contribution in [-0.4, -0.2) is 27.8 Å². The number of hydrogen-bond donors (Lipinski definition) is 1. The third kappa shape index (κ3) is 3.78. The summed E-state index contributed by atoms with van der Waals surface area (Å²) in [6.45, 7) is 6.49. The maximum Gasteiger partial charge on any atom is 0.254 e. The number of rotatable bonds is 4. The first-order valence-electron chi connectivity index (χ1n) is 6.80. The summed E-state index contributed by atoms with van der Waals surface area (Å²) in [6.07, 6.45) is 0. The lowest BCUT2D eigenvalue weighted by atomic mass is 10.1. The molecule has 0 atom stereocenters. The van der Waals surface area contributed by atoms with E-state index in [-0.39, 0.29) is 11.8 Å². The fourth-order valence-corrected chi connectivity index (χ4v) is 2.61. The summed E-state index contributed by atoms with van der Waals surface area (Å²) in [6, 6.07) is 3.43. The zero-order valence-corrected chi connectivity index (χ0v) is 13.6. The lowest BCUT2D eigenvalue weighted by Gasteiger charge is -2.17. The number of nitrogen functional groups attached to an aromatic ring is 1. The van der Waals surface area contributed by atoms with Crippen molar-refractivity contribution >= 4 is 23.1 Å². The summed E-state index contributed by atoms with van der Waals surface area (Å²) in [5.74, 6) is 0.533. The molecule has 6 heteroatoms. The van der Waals surface area contributed by atoms with E-state index in [1.165, 1.54) is 0 Å². The molecule has 0 saturated carbocycles. The fraction of sp³-hybridized carbons (Fsp3) is 0.400. The van der Waals surface area contributed by atoms with Crippen LogP contribution in [0.1, 0.15) is 46.5 Å². The van der Waals surface area contributed by atoms with Crippen LogP contribution in [0.2, 0.25) is 0 Å². The first-order valence-corrected chi connectivity index (χ1v) is 7.68. The van der Waals surface area contributed by atoms with E-state index in [0.29, 0.717) is 17.9 Å². The quantitative estimate of drug-likeness (QED) is 0.942. The predicted octanol–water partition coefficient (Wildman–Crippen LogP) is 2.82. The van der Waals surface area contributed by atoms with Crippen molar-refractivity contribution in [3.05, 3.63) is 39.5 Å². The lowest BCUT2D eigenvalue weighted by Crippen LogP contribution is -2.26. The van der Waals surface area contributed by atoms with Crippen LogP contribution in [0.5, 0.6) is 0 Å². The predicted molar refractivity (Wildman–Crippen MR) is 85.4 cm³/mol. The number of aryl methyl sites for hydroxylation is 1. The summed E-state index contributed by atoms with van der Waals surface area (Å²) < 4.78 is 0. The van der Waals surface area contributed by atoms with Crippen LogP contribution in [0.25, 0.3) is 0 Å². The van der Waals surface area contributed by atoms with Crippen molar-refractivity contribution in [1.29, 1.82) is 0 Å². The Labute approximate surface area is 128 Å². The molecule has 2 rings (SSSR count). The van der Waals surface area contributed by atoms with Crippen LogP contribution in [0.4, 0.5) is 5.82 Å². The van der Waals surface area contributed by atoms with Gasteiger partial charge in [0.1, 0.15) is 5.82 Å². The maximum atomic E-state index is 12.5. The molecule has 0 aromatic carbocycles. The van der Waals surface area contributed by atoms with Gasteiger partial charge in [-0.05, 0) is 25.0 Å². The zero-order chi connectivity index (χ0) is 15.6. The van der Waals surface area contributed by atoms with Crippen LogP contribution in [0.3, 0.4) is 0 Å². The Bertz CT molecular complexity index is 651. The van der Waals surface area contributed by atoms with Gasteiger partial charge >= 0.3 is 0 Å². The minimum atomic E-state index is -0.0725. The summed E-state index contributed by atoms with van der Waals surface area (Å²) in [5.41, 5.74) is 8.10. The fourth-order valence-electron chi connectivity index (χ4n) is 2.01. The normalized spacial score (nSPS) is 10.9. The van der Waals surface area contributed by atoms with E-state index < -0.39 is 0 Å². The Kier molecular flexibility index (Phi) is 4.57. The third-order valence-corrected chi connectivity index (χ3v) is 3.94. The van der Waals surface area contributed by atoms with Gasteiger partial charge in [-0.2, -0.15) is 0 Å². The molecule has 5 nitrogen and oxygen atoms in total. The second kappa shape index (κ2) is 6.22. The van der Waals surface area contributed by atoms with Crippen molar-refractivity contribution in [2.24, 2.45) is 0 Å². The summed E-state index contributed by atoms with van der Waals surface area (Å²) in [5, 5.41) is 2.97. The molecule has 21 heavy (non-hydrogen) atoms. The molecule has 2 N–H and O–H groups in total. The molecule has 0 fully saturated rings. The number of carbonyl (C=O) groups is 1. The van der Waals surface area contributed by atoms with E-state index in [1.54, 1.807) is 29.4 Å². The third-order valence-electron chi connectivity index (χ3n) is 3.12. The van der Waals surface area contributed by atoms with E-state index in [0.717, 1.165) is 16.4 Å². The van der Waals surface area contributed by atoms with Crippen molar-refractivity contribution in [2.45, 2.75) is 33.2 Å². The molecule has 2 heterocycles. The molecule has 0 bridgehead atoms. The van der Waals surface area contributed by atoms with Gasteiger partial charge in [0.25, 0.3) is 5.91 Å². The molecular weight excluding hydrogens is 284 g/mol. The monoisotopic (exact) mass is 304 g/mol. The molecular formula is C15H20N4OS. The number of hydrogen-bond acceptors (Lipinski definition) is 5. The van der Waals surface area contributed by atoms with Crippen LogP contribution in [0.15, 0.2) is 17.5 Å². The second-order valence-corrected chi connectivity index (χ2v) is 6.44. The largest absolute Gasteiger partial charge is 0.384 e. The van der Waals surface area contributed by atoms with Gasteiger partial charge in [0, 0.05) is 23.7 Å². The molecule has 2 aromatic rings. The minimum absolute atomic E-state index is 0.0725. The molecule has 0 unspecified atom stereocenters. The molecule has 1 amide bonds. The maximum absolute atomic E-state index is 12.5. The number of pyridine rings is 1. The minimum Gasteiger partial charge on any atom is -0.384 e. The van der Waals surface area contributed by atoms with Crippen molar-refractivity contribution in [2.75, 3.05) is 12.8 Å². The summed E-state index contributed by atoms with van der Waals surface area (Å²) in [7, 11) is 1.77. The number of nitrogens with two attached hydrogens (primary N) is 1. The number of amides is 1. The van der Waals surface area contributed by atoms with Gasteiger partial charge in [-0.25, -0.2) is 9.97 Å². The number of aromatic nitrogens is 2. The highest BCUT2D eigenvalue weighted by Gasteiger charge is 2.16. The van der Waals surface area contributed by atoms with E-state index in [2.05, 4.69) is 9.97 Å². The summed E-state index contributed by atoms with van der Waals surface area (Å²) >= 11 is 1.58. The first-order chi connectivity index (χ1) is 9.86. The van der Waals surface area contributed by atoms with Crippen LogP contribution < -0.4 is 5.73 Å². The number of anilines is 1. The molecule has 0 aliphatic carbocycles. The topological polar surface area (TPSA) is 72.1 Å². The molecule has 0 radical (unpaired) electrons. The van der Waals surface area contributed by atoms with E-state index in [9.17, 15) is 4.79 Å². The highest BCUT2D eigenvalue weighted by Crippen LogP contribution is 2.18. The van der Waals surface area contributed by atoms with Crippen LogP contribution in [-0.2, 0) is 6.54 Å². The van der Waals surface area contributed by atoms with E-state index >= 15 is 0 Å². The molecule has 0 aliphatic rings. The van der Waals surface area contributed by atoms with E-state index in [1.807, 2.05) is 32.2 Å². The average molecular weight is 304 g/mol. The van der Waals surface area contributed by atoms with Gasteiger partial charge in [-0.1, -0.05) is 13.8 Å². The SMILES string of the molecule is Cc1nc(CN(C)C(=O)c2cc(N)nc(C(C)C)c2)cs1. The van der Waals surface area contributed by atoms with Gasteiger partial charge in [-0.15, -0.1) is 11.3 Å². The Balaban J connectivity index is 2.19.